The number of hydrogen-bond donors (Lipinski definition) is 0. The third kappa shape index (κ3) is 31.5. The predicted molar refractivity (Wildman–Crippen MR) is 49.2 cm³/mol. The fourth-order valence-electron chi connectivity index (χ4n) is 0.325. The number of allylic oxidation sites excluding steroid dienone is 2. The zero-order valence-electron chi connectivity index (χ0n) is 8.25. The summed E-state index contributed by atoms with van der Waals surface area (Å²) in [5.74, 6) is -2.51. The molecule has 0 saturated carbocycles. The molecule has 0 radical (unpaired) electrons. The summed E-state index contributed by atoms with van der Waals surface area (Å²) in [4.78, 5) is 19.1. The van der Waals surface area contributed by atoms with Gasteiger partial charge in [-0.25, -0.2) is 0 Å². The van der Waals surface area contributed by atoms with E-state index in [-0.39, 0.29) is 37.7 Å². The Kier molecular flexibility index (Phi) is 16.3. The van der Waals surface area contributed by atoms with Gasteiger partial charge in [0.2, 0.25) is 0 Å². The minimum absolute atomic E-state index is 0. The molecule has 0 aliphatic carbocycles. The van der Waals surface area contributed by atoms with E-state index in [1.165, 1.54) is 13.8 Å². The smallest absolute Gasteiger partial charge is 0.545 e. The SMILES string of the molecule is C/C(Cl)=C/C(=O)[O-].C/C(Cl)=C/C(=O)[O-].[Hg+2]. The normalized spacial score (nSPS) is 10.7. The van der Waals surface area contributed by atoms with Crippen molar-refractivity contribution in [2.75, 3.05) is 0 Å². The molecule has 0 aromatic heterocycles. The maximum absolute atomic E-state index is 9.54. The molecular weight excluding hydrogens is 432 g/mol. The Morgan fingerprint density at radius 3 is 1.13 bits per heavy atom. The molecule has 0 aromatic carbocycles. The molecule has 0 rings (SSSR count). The molecule has 7 heteroatoms. The van der Waals surface area contributed by atoms with Crippen LogP contribution in [-0.2, 0) is 37.3 Å². The van der Waals surface area contributed by atoms with Gasteiger partial charge in [-0.15, -0.1) is 0 Å². The summed E-state index contributed by atoms with van der Waals surface area (Å²) >= 11 is 10.2. The van der Waals surface area contributed by atoms with Crippen LogP contribution in [0.3, 0.4) is 0 Å². The molecule has 0 aliphatic heterocycles. The molecule has 0 atom stereocenters. The number of rotatable bonds is 2. The molecule has 0 unspecified atom stereocenters. The monoisotopic (exact) mass is 440 g/mol. The summed E-state index contributed by atoms with van der Waals surface area (Å²) in [6, 6.07) is 0. The van der Waals surface area contributed by atoms with Crippen LogP contribution in [-0.4, -0.2) is 11.9 Å². The van der Waals surface area contributed by atoms with E-state index in [4.69, 9.17) is 23.2 Å². The van der Waals surface area contributed by atoms with Crippen molar-refractivity contribution in [2.24, 2.45) is 0 Å². The first-order valence-corrected chi connectivity index (χ1v) is 4.11. The van der Waals surface area contributed by atoms with Crippen molar-refractivity contribution < 1.29 is 47.5 Å². The molecule has 0 N–H and O–H groups in total. The minimum atomic E-state index is -1.26. The maximum Gasteiger partial charge on any atom is 2.00 e. The standard InChI is InChI=1S/2C4H5ClO2.Hg/c2*1-3(5)2-4(6)7;/h2*2H,1H3,(H,6,7);/q;;+2/p-2/b2*3-2-;. The van der Waals surface area contributed by atoms with Crippen LogP contribution in [0.15, 0.2) is 22.2 Å². The average Bonchev–Trinajstić information content (AvgIpc) is 1.79. The van der Waals surface area contributed by atoms with Gasteiger partial charge in [0, 0.05) is 10.1 Å². The fourth-order valence-corrected chi connectivity index (χ4v) is 0.503. The fraction of sp³-hybridized carbons (Fsp3) is 0.250. The largest absolute Gasteiger partial charge is 2.00 e. The number of carbonyl (C=O) groups excluding carboxylic acids is 2. The number of hydrogen-bond acceptors (Lipinski definition) is 4. The zero-order valence-corrected chi connectivity index (χ0v) is 15.3. The Morgan fingerprint density at radius 1 is 0.933 bits per heavy atom. The topological polar surface area (TPSA) is 80.3 Å². The molecule has 0 aliphatic rings. The van der Waals surface area contributed by atoms with Gasteiger partial charge in [0.05, 0.1) is 11.9 Å². The van der Waals surface area contributed by atoms with Gasteiger partial charge in [0.15, 0.2) is 0 Å². The van der Waals surface area contributed by atoms with Gasteiger partial charge < -0.3 is 19.8 Å². The summed E-state index contributed by atoms with van der Waals surface area (Å²) in [7, 11) is 0. The van der Waals surface area contributed by atoms with E-state index in [1.807, 2.05) is 0 Å². The van der Waals surface area contributed by atoms with Crippen LogP contribution in [0.25, 0.3) is 0 Å². The number of carbonyl (C=O) groups is 2. The van der Waals surface area contributed by atoms with E-state index >= 15 is 0 Å². The minimum Gasteiger partial charge on any atom is -0.545 e. The Balaban J connectivity index is -0.000000180. The van der Waals surface area contributed by atoms with Crippen molar-refractivity contribution in [3.63, 3.8) is 0 Å². The van der Waals surface area contributed by atoms with Gasteiger partial charge in [0.25, 0.3) is 0 Å². The van der Waals surface area contributed by atoms with E-state index in [0.717, 1.165) is 12.2 Å². The molecule has 0 fully saturated rings. The van der Waals surface area contributed by atoms with Crippen LogP contribution in [0, 0.1) is 0 Å². The van der Waals surface area contributed by atoms with Crippen molar-refractivity contribution in [3.05, 3.63) is 22.2 Å². The molecule has 15 heavy (non-hydrogen) atoms. The van der Waals surface area contributed by atoms with Gasteiger partial charge in [-0.05, 0) is 26.0 Å². The van der Waals surface area contributed by atoms with E-state index in [2.05, 4.69) is 0 Å². The first-order valence-electron chi connectivity index (χ1n) is 3.35. The van der Waals surface area contributed by atoms with E-state index < -0.39 is 11.9 Å². The van der Waals surface area contributed by atoms with Gasteiger partial charge in [-0.1, -0.05) is 23.2 Å². The Hall–Kier alpha value is -0.0649. The molecular formula is C8H8Cl2HgO4. The number of aliphatic carboxylic acids is 2. The molecule has 0 saturated heterocycles. The van der Waals surface area contributed by atoms with Crippen LogP contribution in [0.2, 0.25) is 0 Å². The number of halogens is 2. The third-order valence-electron chi connectivity index (χ3n) is 0.633. The van der Waals surface area contributed by atoms with Crippen molar-refractivity contribution in [1.82, 2.24) is 0 Å². The van der Waals surface area contributed by atoms with Gasteiger partial charge in [-0.3, -0.25) is 0 Å². The van der Waals surface area contributed by atoms with Crippen molar-refractivity contribution in [1.29, 1.82) is 0 Å². The summed E-state index contributed by atoms with van der Waals surface area (Å²) in [6.07, 6.45) is 1.64. The first kappa shape index (κ1) is 20.4. The van der Waals surface area contributed by atoms with Crippen LogP contribution in [0.4, 0.5) is 0 Å². The Bertz CT molecular complexity index is 238. The second-order valence-electron chi connectivity index (χ2n) is 2.10. The molecule has 80 valence electrons. The van der Waals surface area contributed by atoms with Crippen LogP contribution >= 0.6 is 23.2 Å². The van der Waals surface area contributed by atoms with Gasteiger partial charge >= 0.3 is 27.7 Å². The van der Waals surface area contributed by atoms with E-state index in [0.29, 0.717) is 0 Å². The zero-order chi connectivity index (χ0) is 11.7. The summed E-state index contributed by atoms with van der Waals surface area (Å²) in [5.41, 5.74) is 0. The first-order chi connectivity index (χ1) is 6.25. The van der Waals surface area contributed by atoms with Gasteiger partial charge in [0.1, 0.15) is 0 Å². The van der Waals surface area contributed by atoms with E-state index in [1.54, 1.807) is 0 Å². The maximum atomic E-state index is 9.54. The van der Waals surface area contributed by atoms with Crippen molar-refractivity contribution in [2.45, 2.75) is 13.8 Å². The van der Waals surface area contributed by atoms with Crippen molar-refractivity contribution >= 4 is 35.1 Å². The van der Waals surface area contributed by atoms with Crippen LogP contribution in [0.5, 0.6) is 0 Å². The molecule has 4 nitrogen and oxygen atoms in total. The number of carboxylic acids is 2. The molecule has 0 amide bonds. The van der Waals surface area contributed by atoms with Crippen LogP contribution in [0.1, 0.15) is 13.8 Å². The quantitative estimate of drug-likeness (QED) is 0.439. The van der Waals surface area contributed by atoms with Gasteiger partial charge in [-0.2, -0.15) is 0 Å². The summed E-state index contributed by atoms with van der Waals surface area (Å²) in [6.45, 7) is 2.94. The van der Waals surface area contributed by atoms with Crippen molar-refractivity contribution in [3.8, 4) is 0 Å². The Morgan fingerprint density at radius 2 is 1.13 bits per heavy atom. The Labute approximate surface area is 118 Å². The number of carboxylic acid groups (broad SMARTS) is 2. The molecule has 0 heterocycles. The second-order valence-corrected chi connectivity index (χ2v) is 3.29. The van der Waals surface area contributed by atoms with E-state index in [9.17, 15) is 19.8 Å². The summed E-state index contributed by atoms with van der Waals surface area (Å²) < 4.78 is 0. The third-order valence-corrected chi connectivity index (χ3v) is 0.852. The molecule has 0 aromatic rings. The van der Waals surface area contributed by atoms with Crippen LogP contribution < -0.4 is 10.2 Å². The second kappa shape index (κ2) is 12.0. The average molecular weight is 440 g/mol. The molecule has 0 bridgehead atoms. The summed E-state index contributed by atoms with van der Waals surface area (Å²) in [5, 5.41) is 19.5. The molecule has 0 spiro atoms. The predicted octanol–water partition coefficient (Wildman–Crippen LogP) is -0.245.